The molecule has 0 aliphatic rings. The van der Waals surface area contributed by atoms with Crippen molar-refractivity contribution in [3.63, 3.8) is 0 Å². The number of hydrogen-bond donors (Lipinski definition) is 1. The molecule has 0 radical (unpaired) electrons. The molecule has 32 heavy (non-hydrogen) atoms. The Kier molecular flexibility index (Phi) is 15.7. The minimum Gasteiger partial charge on any atom is -0.255 e. The predicted molar refractivity (Wildman–Crippen MR) is 140 cm³/mol. The molecule has 2 rings (SSSR count). The first kappa shape index (κ1) is 26.6. The number of rotatable bonds is 20. The molecule has 0 atom stereocenters. The lowest BCUT2D eigenvalue weighted by Gasteiger charge is -2.24. The highest BCUT2D eigenvalue weighted by Gasteiger charge is 2.06. The Balaban J connectivity index is 1.49. The van der Waals surface area contributed by atoms with Crippen molar-refractivity contribution in [2.75, 3.05) is 6.54 Å². The third kappa shape index (κ3) is 13.7. The van der Waals surface area contributed by atoms with Gasteiger partial charge in [-0.1, -0.05) is 151 Å². The molecule has 0 aliphatic carbocycles. The van der Waals surface area contributed by atoms with Gasteiger partial charge in [-0.2, -0.15) is 0 Å². The maximum atomic E-state index is 3.69. The van der Waals surface area contributed by atoms with E-state index in [-0.39, 0.29) is 0 Å². The zero-order valence-corrected chi connectivity index (χ0v) is 20.7. The van der Waals surface area contributed by atoms with Crippen molar-refractivity contribution in [2.45, 2.75) is 110 Å². The van der Waals surface area contributed by atoms with Crippen LogP contribution in [0.25, 0.3) is 0 Å². The van der Waals surface area contributed by atoms with E-state index in [0.29, 0.717) is 0 Å². The third-order valence-electron chi connectivity index (χ3n) is 6.30. The molecule has 0 fully saturated rings. The van der Waals surface area contributed by atoms with Gasteiger partial charge in [-0.25, -0.2) is 5.01 Å². The van der Waals surface area contributed by atoms with E-state index in [1.165, 1.54) is 101 Å². The van der Waals surface area contributed by atoms with Crippen molar-refractivity contribution in [1.29, 1.82) is 0 Å². The van der Waals surface area contributed by atoms with Crippen molar-refractivity contribution >= 4 is 0 Å². The lowest BCUT2D eigenvalue weighted by molar-refractivity contribution is 0.167. The summed E-state index contributed by atoms with van der Waals surface area (Å²) in [5.74, 6) is 0. The van der Waals surface area contributed by atoms with Crippen LogP contribution in [-0.2, 0) is 13.1 Å². The number of nitrogens with one attached hydrogen (secondary N) is 1. The lowest BCUT2D eigenvalue weighted by atomic mass is 10.0. The minimum absolute atomic E-state index is 0.939. The Morgan fingerprint density at radius 2 is 0.875 bits per heavy atom. The van der Waals surface area contributed by atoms with Gasteiger partial charge in [0.1, 0.15) is 0 Å². The van der Waals surface area contributed by atoms with Gasteiger partial charge in [0.2, 0.25) is 0 Å². The topological polar surface area (TPSA) is 15.3 Å². The summed E-state index contributed by atoms with van der Waals surface area (Å²) in [5.41, 5.74) is 6.41. The number of benzene rings is 2. The van der Waals surface area contributed by atoms with Crippen molar-refractivity contribution in [1.82, 2.24) is 10.4 Å². The second-order valence-corrected chi connectivity index (χ2v) is 9.33. The van der Waals surface area contributed by atoms with Gasteiger partial charge in [0.05, 0.1) is 0 Å². The summed E-state index contributed by atoms with van der Waals surface area (Å²) in [6.07, 6.45) is 19.8. The maximum absolute atomic E-state index is 3.69. The van der Waals surface area contributed by atoms with E-state index in [4.69, 9.17) is 0 Å². The summed E-state index contributed by atoms with van der Waals surface area (Å²) in [6.45, 7) is 5.24. The molecule has 0 unspecified atom stereocenters. The van der Waals surface area contributed by atoms with E-state index in [1.807, 2.05) is 0 Å². The summed E-state index contributed by atoms with van der Waals surface area (Å²) in [6, 6.07) is 21.6. The highest BCUT2D eigenvalue weighted by atomic mass is 15.5. The summed E-state index contributed by atoms with van der Waals surface area (Å²) in [7, 11) is 0. The van der Waals surface area contributed by atoms with Gasteiger partial charge < -0.3 is 0 Å². The van der Waals surface area contributed by atoms with E-state index in [0.717, 1.165) is 19.6 Å². The summed E-state index contributed by atoms with van der Waals surface area (Å²) in [5, 5.41) is 2.37. The molecule has 2 aromatic carbocycles. The second kappa shape index (κ2) is 18.9. The Bertz CT molecular complexity index is 599. The molecule has 0 bridgehead atoms. The molecule has 0 saturated heterocycles. The fourth-order valence-electron chi connectivity index (χ4n) is 4.33. The Labute approximate surface area is 198 Å². The van der Waals surface area contributed by atoms with Gasteiger partial charge in [-0.05, 0) is 17.5 Å². The summed E-state index contributed by atoms with van der Waals surface area (Å²) in [4.78, 5) is 0. The van der Waals surface area contributed by atoms with E-state index in [1.54, 1.807) is 0 Å². The van der Waals surface area contributed by atoms with Crippen LogP contribution in [0.5, 0.6) is 0 Å². The molecule has 178 valence electrons. The van der Waals surface area contributed by atoms with Crippen LogP contribution in [0.15, 0.2) is 60.7 Å². The van der Waals surface area contributed by atoms with E-state index in [2.05, 4.69) is 78.0 Å². The molecular weight excluding hydrogens is 388 g/mol. The molecule has 2 aromatic rings. The summed E-state index contributed by atoms with van der Waals surface area (Å²) < 4.78 is 0. The molecular formula is C30H48N2. The molecule has 0 spiro atoms. The minimum atomic E-state index is 0.939. The monoisotopic (exact) mass is 436 g/mol. The molecule has 0 amide bonds. The van der Waals surface area contributed by atoms with Crippen molar-refractivity contribution < 1.29 is 0 Å². The highest BCUT2D eigenvalue weighted by Crippen LogP contribution is 2.13. The normalized spacial score (nSPS) is 11.3. The predicted octanol–water partition coefficient (Wildman–Crippen LogP) is 8.67. The van der Waals surface area contributed by atoms with Gasteiger partial charge in [0.15, 0.2) is 0 Å². The fraction of sp³-hybridized carbons (Fsp3) is 0.600. The Hall–Kier alpha value is -1.64. The zero-order valence-electron chi connectivity index (χ0n) is 20.7. The zero-order chi connectivity index (χ0) is 22.5. The number of nitrogens with zero attached hydrogens (tertiary/aromatic N) is 1. The first-order chi connectivity index (χ1) is 15.9. The molecule has 0 heterocycles. The number of unbranched alkanes of at least 4 members (excludes halogenated alkanes) is 13. The van der Waals surface area contributed by atoms with Crippen molar-refractivity contribution in [3.05, 3.63) is 71.8 Å². The van der Waals surface area contributed by atoms with Crippen molar-refractivity contribution in [2.24, 2.45) is 0 Å². The smallest absolute Gasteiger partial charge is 0.0385 e. The number of hydrazine groups is 1. The standard InChI is InChI=1S/C30H48N2/c1-2-3-4-5-6-7-8-9-10-11-12-13-14-21-26-31-32(27-29-22-17-15-18-23-29)28-30-24-19-16-20-25-30/h15-20,22-25,31H,2-14,21,26-28H2,1H3. The van der Waals surface area contributed by atoms with Gasteiger partial charge in [-0.15, -0.1) is 0 Å². The highest BCUT2D eigenvalue weighted by molar-refractivity contribution is 5.16. The molecule has 2 nitrogen and oxygen atoms in total. The van der Waals surface area contributed by atoms with E-state index in [9.17, 15) is 0 Å². The second-order valence-electron chi connectivity index (χ2n) is 9.33. The van der Waals surface area contributed by atoms with Crippen LogP contribution in [0.1, 0.15) is 108 Å². The van der Waals surface area contributed by atoms with Crippen LogP contribution in [0.4, 0.5) is 0 Å². The Morgan fingerprint density at radius 3 is 1.28 bits per heavy atom. The average molecular weight is 437 g/mol. The van der Waals surface area contributed by atoms with Crippen LogP contribution in [0.3, 0.4) is 0 Å². The molecule has 0 aliphatic heterocycles. The fourth-order valence-corrected chi connectivity index (χ4v) is 4.33. The van der Waals surface area contributed by atoms with Crippen LogP contribution in [-0.4, -0.2) is 11.6 Å². The van der Waals surface area contributed by atoms with E-state index >= 15 is 0 Å². The molecule has 0 aromatic heterocycles. The molecule has 2 heteroatoms. The van der Waals surface area contributed by atoms with Gasteiger partial charge in [-0.3, -0.25) is 5.43 Å². The van der Waals surface area contributed by atoms with Crippen LogP contribution in [0.2, 0.25) is 0 Å². The quantitative estimate of drug-likeness (QED) is 0.165. The maximum Gasteiger partial charge on any atom is 0.0385 e. The van der Waals surface area contributed by atoms with Gasteiger partial charge in [0, 0.05) is 19.6 Å². The first-order valence-electron chi connectivity index (χ1n) is 13.4. The van der Waals surface area contributed by atoms with Crippen LogP contribution < -0.4 is 5.43 Å². The molecule has 1 N–H and O–H groups in total. The Morgan fingerprint density at radius 1 is 0.500 bits per heavy atom. The lowest BCUT2D eigenvalue weighted by Crippen LogP contribution is -2.37. The van der Waals surface area contributed by atoms with Gasteiger partial charge >= 0.3 is 0 Å². The van der Waals surface area contributed by atoms with Gasteiger partial charge in [0.25, 0.3) is 0 Å². The average Bonchev–Trinajstić information content (AvgIpc) is 2.83. The third-order valence-corrected chi connectivity index (χ3v) is 6.30. The molecule has 0 saturated carbocycles. The van der Waals surface area contributed by atoms with Crippen molar-refractivity contribution in [3.8, 4) is 0 Å². The van der Waals surface area contributed by atoms with E-state index < -0.39 is 0 Å². The van der Waals surface area contributed by atoms with Crippen LogP contribution in [0, 0.1) is 0 Å². The van der Waals surface area contributed by atoms with Crippen LogP contribution >= 0.6 is 0 Å². The largest absolute Gasteiger partial charge is 0.255 e. The SMILES string of the molecule is CCCCCCCCCCCCCCCCNN(Cc1ccccc1)Cc1ccccc1. The summed E-state index contributed by atoms with van der Waals surface area (Å²) >= 11 is 0. The number of hydrogen-bond acceptors (Lipinski definition) is 2. The first-order valence-corrected chi connectivity index (χ1v) is 13.4.